The summed E-state index contributed by atoms with van der Waals surface area (Å²) < 4.78 is 28.5. The van der Waals surface area contributed by atoms with Gasteiger partial charge in [-0.25, -0.2) is 13.6 Å². The van der Waals surface area contributed by atoms with Crippen LogP contribution in [0.25, 0.3) is 0 Å². The van der Waals surface area contributed by atoms with Gasteiger partial charge in [-0.2, -0.15) is 0 Å². The number of primary sulfonamides is 1. The summed E-state index contributed by atoms with van der Waals surface area (Å²) in [7, 11) is -3.68. The predicted octanol–water partition coefficient (Wildman–Crippen LogP) is 1.71. The van der Waals surface area contributed by atoms with E-state index < -0.39 is 10.0 Å². The Kier molecular flexibility index (Phi) is 4.79. The smallest absolute Gasteiger partial charge is 0.240 e. The molecule has 0 saturated carbocycles. The molecule has 5 nitrogen and oxygen atoms in total. The fourth-order valence-electron chi connectivity index (χ4n) is 2.26. The van der Waals surface area contributed by atoms with E-state index in [-0.39, 0.29) is 11.0 Å². The number of hydrogen-bond acceptors (Lipinski definition) is 4. The Morgan fingerprint density at radius 2 is 2.11 bits per heavy atom. The van der Waals surface area contributed by atoms with Gasteiger partial charge < -0.3 is 10.1 Å². The standard InChI is InChI=1S/C13H20N2O3S/c14-19(16,17)13-7-2-1-6-12(13)15-9-8-11-5-3-4-10-18-11/h1-2,6-7,11,15H,3-5,8-10H2,(H2,14,16,17). The van der Waals surface area contributed by atoms with Gasteiger partial charge in [0.25, 0.3) is 0 Å². The van der Waals surface area contributed by atoms with E-state index >= 15 is 0 Å². The molecule has 1 unspecified atom stereocenters. The third kappa shape index (κ3) is 4.19. The van der Waals surface area contributed by atoms with Crippen LogP contribution >= 0.6 is 0 Å². The number of ether oxygens (including phenoxy) is 1. The summed E-state index contributed by atoms with van der Waals surface area (Å²) in [5.41, 5.74) is 0.556. The molecule has 3 N–H and O–H groups in total. The lowest BCUT2D eigenvalue weighted by atomic mass is 10.1. The lowest BCUT2D eigenvalue weighted by molar-refractivity contribution is 0.0134. The molecule has 6 heteroatoms. The highest BCUT2D eigenvalue weighted by atomic mass is 32.2. The Morgan fingerprint density at radius 3 is 2.79 bits per heavy atom. The van der Waals surface area contributed by atoms with E-state index in [0.717, 1.165) is 25.9 Å². The molecular formula is C13H20N2O3S. The fraction of sp³-hybridized carbons (Fsp3) is 0.538. The molecule has 0 aromatic heterocycles. The van der Waals surface area contributed by atoms with Gasteiger partial charge in [0.2, 0.25) is 10.0 Å². The average Bonchev–Trinajstić information content (AvgIpc) is 2.39. The maximum atomic E-state index is 11.4. The van der Waals surface area contributed by atoms with Crippen molar-refractivity contribution in [2.45, 2.75) is 36.7 Å². The fourth-order valence-corrected chi connectivity index (χ4v) is 2.98. The van der Waals surface area contributed by atoms with Crippen LogP contribution in [0, 0.1) is 0 Å². The third-order valence-electron chi connectivity index (χ3n) is 3.25. The van der Waals surface area contributed by atoms with Crippen LogP contribution in [0.4, 0.5) is 5.69 Å². The third-order valence-corrected chi connectivity index (χ3v) is 4.22. The van der Waals surface area contributed by atoms with Crippen molar-refractivity contribution in [1.29, 1.82) is 0 Å². The molecule has 1 fully saturated rings. The second kappa shape index (κ2) is 6.36. The van der Waals surface area contributed by atoms with Crippen LogP contribution < -0.4 is 10.5 Å². The summed E-state index contributed by atoms with van der Waals surface area (Å²) in [5, 5.41) is 8.31. The van der Waals surface area contributed by atoms with Crippen LogP contribution in [0.3, 0.4) is 0 Å². The number of benzene rings is 1. The SMILES string of the molecule is NS(=O)(=O)c1ccccc1NCCC1CCCCO1. The average molecular weight is 284 g/mol. The van der Waals surface area contributed by atoms with Crippen molar-refractivity contribution in [1.82, 2.24) is 0 Å². The lowest BCUT2D eigenvalue weighted by Gasteiger charge is -2.22. The second-order valence-electron chi connectivity index (χ2n) is 4.75. The Bertz CT molecular complexity index is 510. The van der Waals surface area contributed by atoms with Gasteiger partial charge in [-0.3, -0.25) is 0 Å². The van der Waals surface area contributed by atoms with Crippen LogP contribution in [-0.2, 0) is 14.8 Å². The topological polar surface area (TPSA) is 81.4 Å². The predicted molar refractivity (Wildman–Crippen MR) is 74.5 cm³/mol. The molecule has 1 aliphatic rings. The van der Waals surface area contributed by atoms with E-state index in [4.69, 9.17) is 9.88 Å². The van der Waals surface area contributed by atoms with Gasteiger partial charge in [0, 0.05) is 13.2 Å². The normalized spacial score (nSPS) is 20.2. The van der Waals surface area contributed by atoms with E-state index in [9.17, 15) is 8.42 Å². The van der Waals surface area contributed by atoms with Gasteiger partial charge in [0.15, 0.2) is 0 Å². The van der Waals surface area contributed by atoms with Gasteiger partial charge in [-0.15, -0.1) is 0 Å². The molecular weight excluding hydrogens is 264 g/mol. The summed E-state index contributed by atoms with van der Waals surface area (Å²) in [6.07, 6.45) is 4.58. The van der Waals surface area contributed by atoms with Crippen molar-refractivity contribution in [2.24, 2.45) is 5.14 Å². The molecule has 1 saturated heterocycles. The van der Waals surface area contributed by atoms with E-state index in [0.29, 0.717) is 12.2 Å². The molecule has 1 aromatic carbocycles. The molecule has 0 spiro atoms. The number of sulfonamides is 1. The first-order valence-corrected chi connectivity index (χ1v) is 8.09. The van der Waals surface area contributed by atoms with Crippen molar-refractivity contribution in [3.63, 3.8) is 0 Å². The van der Waals surface area contributed by atoms with Crippen molar-refractivity contribution >= 4 is 15.7 Å². The van der Waals surface area contributed by atoms with E-state index in [1.165, 1.54) is 12.5 Å². The molecule has 1 aromatic rings. The number of anilines is 1. The molecule has 1 heterocycles. The van der Waals surface area contributed by atoms with Crippen molar-refractivity contribution in [3.8, 4) is 0 Å². The van der Waals surface area contributed by atoms with Crippen LogP contribution in [0.1, 0.15) is 25.7 Å². The number of hydrogen-bond donors (Lipinski definition) is 2. The number of rotatable bonds is 5. The summed E-state index contributed by atoms with van der Waals surface area (Å²) in [5.74, 6) is 0. The minimum Gasteiger partial charge on any atom is -0.384 e. The zero-order chi connectivity index (χ0) is 13.7. The molecule has 0 bridgehead atoms. The Morgan fingerprint density at radius 1 is 1.32 bits per heavy atom. The van der Waals surface area contributed by atoms with Gasteiger partial charge in [-0.05, 0) is 37.8 Å². The summed E-state index contributed by atoms with van der Waals surface area (Å²) in [6.45, 7) is 1.51. The van der Waals surface area contributed by atoms with Crippen LogP contribution in [0.15, 0.2) is 29.2 Å². The molecule has 106 valence electrons. The Labute approximate surface area is 114 Å². The first kappa shape index (κ1) is 14.3. The van der Waals surface area contributed by atoms with E-state index in [1.54, 1.807) is 18.2 Å². The monoisotopic (exact) mass is 284 g/mol. The molecule has 0 radical (unpaired) electrons. The molecule has 0 aliphatic carbocycles. The summed E-state index contributed by atoms with van der Waals surface area (Å²) >= 11 is 0. The van der Waals surface area contributed by atoms with Crippen LogP contribution in [-0.4, -0.2) is 27.7 Å². The lowest BCUT2D eigenvalue weighted by Crippen LogP contribution is -2.22. The first-order valence-electron chi connectivity index (χ1n) is 6.54. The maximum Gasteiger partial charge on any atom is 0.240 e. The molecule has 0 amide bonds. The molecule has 19 heavy (non-hydrogen) atoms. The van der Waals surface area contributed by atoms with E-state index in [2.05, 4.69) is 5.32 Å². The molecule has 1 aliphatic heterocycles. The minimum absolute atomic E-state index is 0.138. The molecule has 2 rings (SSSR count). The maximum absolute atomic E-state index is 11.4. The van der Waals surface area contributed by atoms with Crippen LogP contribution in [0.2, 0.25) is 0 Å². The van der Waals surface area contributed by atoms with E-state index in [1.807, 2.05) is 0 Å². The Hall–Kier alpha value is -1.11. The highest BCUT2D eigenvalue weighted by Crippen LogP contribution is 2.20. The minimum atomic E-state index is -3.68. The highest BCUT2D eigenvalue weighted by molar-refractivity contribution is 7.89. The summed E-state index contributed by atoms with van der Waals surface area (Å²) in [4.78, 5) is 0.138. The quantitative estimate of drug-likeness (QED) is 0.862. The van der Waals surface area contributed by atoms with Crippen LogP contribution in [0.5, 0.6) is 0 Å². The Balaban J connectivity index is 1.92. The number of nitrogens with two attached hydrogens (primary N) is 1. The highest BCUT2D eigenvalue weighted by Gasteiger charge is 2.15. The molecule has 1 atom stereocenters. The first-order chi connectivity index (χ1) is 9.07. The second-order valence-corrected chi connectivity index (χ2v) is 6.28. The van der Waals surface area contributed by atoms with Crippen molar-refractivity contribution in [2.75, 3.05) is 18.5 Å². The summed E-state index contributed by atoms with van der Waals surface area (Å²) in [6, 6.07) is 6.68. The van der Waals surface area contributed by atoms with Crippen molar-refractivity contribution < 1.29 is 13.2 Å². The van der Waals surface area contributed by atoms with Crippen molar-refractivity contribution in [3.05, 3.63) is 24.3 Å². The zero-order valence-electron chi connectivity index (χ0n) is 10.8. The number of nitrogens with one attached hydrogen (secondary N) is 1. The largest absolute Gasteiger partial charge is 0.384 e. The number of para-hydroxylation sites is 1. The van der Waals surface area contributed by atoms with Gasteiger partial charge >= 0.3 is 0 Å². The van der Waals surface area contributed by atoms with Gasteiger partial charge in [0.1, 0.15) is 4.90 Å². The van der Waals surface area contributed by atoms with Gasteiger partial charge in [-0.1, -0.05) is 12.1 Å². The van der Waals surface area contributed by atoms with Gasteiger partial charge in [0.05, 0.1) is 11.8 Å². The zero-order valence-corrected chi connectivity index (χ0v) is 11.7.